The molecule has 6 nitrogen and oxygen atoms in total. The molecule has 0 saturated heterocycles. The van der Waals surface area contributed by atoms with Crippen LogP contribution < -0.4 is 14.4 Å². The van der Waals surface area contributed by atoms with Crippen molar-refractivity contribution in [3.63, 3.8) is 0 Å². The van der Waals surface area contributed by atoms with E-state index in [0.29, 0.717) is 5.75 Å². The first-order valence-corrected chi connectivity index (χ1v) is 13.1. The fourth-order valence-corrected chi connectivity index (χ4v) is 5.57. The zero-order chi connectivity index (χ0) is 25.9. The standard InChI is InChI=1S/C27H31ClN2O4S/c1-17-7-10-23(11-8-17)35(32,33)30(22-9-12-26(34-6)25(28)15-22)16-27(31)29-21(5)24-14-19(3)18(2)13-20(24)4/h7-15,21H,16H2,1-6H3,(H,29,31)/t21-/m0/s1. The molecule has 0 fully saturated rings. The quantitative estimate of drug-likeness (QED) is 0.421. The van der Waals surface area contributed by atoms with Crippen LogP contribution in [0.15, 0.2) is 59.5 Å². The molecule has 1 N–H and O–H groups in total. The molecule has 0 unspecified atom stereocenters. The molecule has 0 aliphatic heterocycles. The summed E-state index contributed by atoms with van der Waals surface area (Å²) in [6, 6.07) is 15.0. The van der Waals surface area contributed by atoms with E-state index < -0.39 is 22.5 Å². The van der Waals surface area contributed by atoms with E-state index in [0.717, 1.165) is 26.6 Å². The molecular weight excluding hydrogens is 484 g/mol. The number of carbonyl (C=O) groups excluding carboxylic acids is 1. The molecule has 0 radical (unpaired) electrons. The summed E-state index contributed by atoms with van der Waals surface area (Å²) in [7, 11) is -2.57. The maximum absolute atomic E-state index is 13.6. The van der Waals surface area contributed by atoms with Crippen molar-refractivity contribution in [1.82, 2.24) is 5.32 Å². The van der Waals surface area contributed by atoms with Gasteiger partial charge in [0.2, 0.25) is 5.91 Å². The fourth-order valence-electron chi connectivity index (χ4n) is 3.91. The molecule has 1 amide bonds. The summed E-state index contributed by atoms with van der Waals surface area (Å²) in [6.45, 7) is 9.42. The Balaban J connectivity index is 1.95. The second-order valence-corrected chi connectivity index (χ2v) is 11.0. The summed E-state index contributed by atoms with van der Waals surface area (Å²) >= 11 is 6.29. The number of methoxy groups -OCH3 is 1. The molecule has 3 aromatic carbocycles. The predicted octanol–water partition coefficient (Wildman–Crippen LogP) is 5.65. The summed E-state index contributed by atoms with van der Waals surface area (Å²) in [4.78, 5) is 13.2. The van der Waals surface area contributed by atoms with Gasteiger partial charge in [0.1, 0.15) is 12.3 Å². The van der Waals surface area contributed by atoms with Gasteiger partial charge in [0.05, 0.1) is 28.8 Å². The van der Waals surface area contributed by atoms with E-state index in [1.807, 2.05) is 34.6 Å². The lowest BCUT2D eigenvalue weighted by Crippen LogP contribution is -2.41. The van der Waals surface area contributed by atoms with Crippen molar-refractivity contribution in [1.29, 1.82) is 0 Å². The van der Waals surface area contributed by atoms with Crippen molar-refractivity contribution in [2.24, 2.45) is 0 Å². The molecule has 186 valence electrons. The average Bonchev–Trinajstić information content (AvgIpc) is 2.80. The molecule has 1 atom stereocenters. The Morgan fingerprint density at radius 3 is 2.20 bits per heavy atom. The number of hydrogen-bond acceptors (Lipinski definition) is 4. The number of halogens is 1. The zero-order valence-electron chi connectivity index (χ0n) is 20.8. The minimum atomic E-state index is -4.05. The number of nitrogens with one attached hydrogen (secondary N) is 1. The summed E-state index contributed by atoms with van der Waals surface area (Å²) in [5.74, 6) is -0.0239. The number of sulfonamides is 1. The lowest BCUT2D eigenvalue weighted by atomic mass is 9.96. The number of carbonyl (C=O) groups is 1. The van der Waals surface area contributed by atoms with Crippen molar-refractivity contribution >= 4 is 33.2 Å². The first-order valence-electron chi connectivity index (χ1n) is 11.2. The minimum absolute atomic E-state index is 0.0842. The summed E-state index contributed by atoms with van der Waals surface area (Å²) in [5.41, 5.74) is 5.55. The van der Waals surface area contributed by atoms with Crippen LogP contribution in [0.25, 0.3) is 0 Å². The van der Waals surface area contributed by atoms with Crippen LogP contribution in [0, 0.1) is 27.7 Å². The molecular formula is C27H31ClN2O4S. The number of aryl methyl sites for hydroxylation is 4. The monoisotopic (exact) mass is 514 g/mol. The fraction of sp³-hybridized carbons (Fsp3) is 0.296. The number of benzene rings is 3. The largest absolute Gasteiger partial charge is 0.495 e. The second-order valence-electron chi connectivity index (χ2n) is 8.73. The third-order valence-electron chi connectivity index (χ3n) is 6.05. The molecule has 0 aliphatic rings. The van der Waals surface area contributed by atoms with Crippen molar-refractivity contribution < 1.29 is 17.9 Å². The summed E-state index contributed by atoms with van der Waals surface area (Å²) < 4.78 is 33.5. The normalized spacial score (nSPS) is 12.2. The van der Waals surface area contributed by atoms with Crippen molar-refractivity contribution in [3.8, 4) is 5.75 Å². The highest BCUT2D eigenvalue weighted by atomic mass is 35.5. The number of rotatable bonds is 8. The van der Waals surface area contributed by atoms with Gasteiger partial charge in [0, 0.05) is 0 Å². The lowest BCUT2D eigenvalue weighted by Gasteiger charge is -2.26. The molecule has 8 heteroatoms. The van der Waals surface area contributed by atoms with E-state index in [9.17, 15) is 13.2 Å². The Morgan fingerprint density at radius 1 is 0.971 bits per heavy atom. The van der Waals surface area contributed by atoms with Crippen LogP contribution in [0.4, 0.5) is 5.69 Å². The van der Waals surface area contributed by atoms with Gasteiger partial charge in [-0.15, -0.1) is 0 Å². The van der Waals surface area contributed by atoms with Gasteiger partial charge in [-0.3, -0.25) is 9.10 Å². The Labute approximate surface area is 212 Å². The van der Waals surface area contributed by atoms with E-state index in [1.54, 1.807) is 24.3 Å². The Bertz CT molecular complexity index is 1340. The van der Waals surface area contributed by atoms with Gasteiger partial charge in [-0.1, -0.05) is 41.4 Å². The molecule has 3 aromatic rings. The van der Waals surface area contributed by atoms with Crippen molar-refractivity contribution in [2.45, 2.75) is 45.6 Å². The van der Waals surface area contributed by atoms with Crippen LogP contribution in [0.3, 0.4) is 0 Å². The van der Waals surface area contributed by atoms with Gasteiger partial charge in [-0.25, -0.2) is 8.42 Å². The maximum Gasteiger partial charge on any atom is 0.264 e. The lowest BCUT2D eigenvalue weighted by molar-refractivity contribution is -0.120. The van der Waals surface area contributed by atoms with Crippen LogP contribution in [0.2, 0.25) is 5.02 Å². The molecule has 3 rings (SSSR count). The van der Waals surface area contributed by atoms with Gasteiger partial charge in [0.15, 0.2) is 0 Å². The second kappa shape index (κ2) is 10.7. The topological polar surface area (TPSA) is 75.7 Å². The Hall–Kier alpha value is -3.03. The van der Waals surface area contributed by atoms with Crippen molar-refractivity contribution in [3.05, 3.63) is 87.4 Å². The van der Waals surface area contributed by atoms with Crippen molar-refractivity contribution in [2.75, 3.05) is 18.0 Å². The minimum Gasteiger partial charge on any atom is -0.495 e. The number of hydrogen-bond donors (Lipinski definition) is 1. The zero-order valence-corrected chi connectivity index (χ0v) is 22.4. The molecule has 0 saturated carbocycles. The van der Waals surface area contributed by atoms with Crippen LogP contribution in [-0.2, 0) is 14.8 Å². The first-order chi connectivity index (χ1) is 16.4. The van der Waals surface area contributed by atoms with Crippen LogP contribution >= 0.6 is 11.6 Å². The SMILES string of the molecule is COc1ccc(N(CC(=O)N[C@@H](C)c2cc(C)c(C)cc2C)S(=O)(=O)c2ccc(C)cc2)cc1Cl. The van der Waals surface area contributed by atoms with E-state index in [1.165, 1.54) is 30.9 Å². The van der Waals surface area contributed by atoms with Gasteiger partial charge in [-0.05, 0) is 87.2 Å². The van der Waals surface area contributed by atoms with E-state index >= 15 is 0 Å². The van der Waals surface area contributed by atoms with E-state index in [-0.39, 0.29) is 21.6 Å². The van der Waals surface area contributed by atoms with Gasteiger partial charge in [-0.2, -0.15) is 0 Å². The third kappa shape index (κ3) is 5.97. The number of ether oxygens (including phenoxy) is 1. The van der Waals surface area contributed by atoms with Crippen LogP contribution in [0.5, 0.6) is 5.75 Å². The average molecular weight is 515 g/mol. The molecule has 0 aliphatic carbocycles. The molecule has 0 heterocycles. The van der Waals surface area contributed by atoms with Gasteiger partial charge < -0.3 is 10.1 Å². The van der Waals surface area contributed by atoms with E-state index in [2.05, 4.69) is 17.4 Å². The molecule has 0 spiro atoms. The smallest absolute Gasteiger partial charge is 0.264 e. The van der Waals surface area contributed by atoms with Crippen LogP contribution in [-0.4, -0.2) is 28.0 Å². The highest BCUT2D eigenvalue weighted by Gasteiger charge is 2.28. The molecule has 0 aromatic heterocycles. The number of anilines is 1. The highest BCUT2D eigenvalue weighted by molar-refractivity contribution is 7.92. The molecule has 35 heavy (non-hydrogen) atoms. The highest BCUT2D eigenvalue weighted by Crippen LogP contribution is 2.32. The summed E-state index contributed by atoms with van der Waals surface area (Å²) in [5, 5.41) is 3.20. The van der Waals surface area contributed by atoms with Crippen LogP contribution in [0.1, 0.15) is 40.8 Å². The predicted molar refractivity (Wildman–Crippen MR) is 141 cm³/mol. The van der Waals surface area contributed by atoms with E-state index in [4.69, 9.17) is 16.3 Å². The summed E-state index contributed by atoms with van der Waals surface area (Å²) in [6.07, 6.45) is 0. The van der Waals surface area contributed by atoms with Gasteiger partial charge >= 0.3 is 0 Å². The number of amides is 1. The van der Waals surface area contributed by atoms with Gasteiger partial charge in [0.25, 0.3) is 10.0 Å². The Morgan fingerprint density at radius 2 is 1.60 bits per heavy atom. The molecule has 0 bridgehead atoms. The third-order valence-corrected chi connectivity index (χ3v) is 8.13. The first kappa shape index (κ1) is 26.6. The maximum atomic E-state index is 13.6. The number of nitrogens with zero attached hydrogens (tertiary/aromatic N) is 1. The Kier molecular flexibility index (Phi) is 8.13.